The Hall–Kier alpha value is -4.72. The van der Waals surface area contributed by atoms with Crippen LogP contribution >= 0.6 is 0 Å². The standard InChI is InChI=1S/C26H20N2O6/c1-16-6-8-17(9-7-16)15-34-22-5-3-2-4-19(22)14-21-23(29)27-26(33)28(24(21)30)20-12-10-18(11-13-20)25(31)32/h2-14H,15H2,1H3,(H,31,32)(H,27,29,33)/b21-14+. The predicted molar refractivity (Wildman–Crippen MR) is 124 cm³/mol. The third-order valence-electron chi connectivity index (χ3n) is 5.21. The summed E-state index contributed by atoms with van der Waals surface area (Å²) in [5.41, 5.74) is 2.46. The zero-order chi connectivity index (χ0) is 24.2. The number of barbiturate groups is 1. The van der Waals surface area contributed by atoms with Crippen molar-refractivity contribution in [2.75, 3.05) is 4.90 Å². The van der Waals surface area contributed by atoms with E-state index >= 15 is 0 Å². The molecule has 1 fully saturated rings. The lowest BCUT2D eigenvalue weighted by Crippen LogP contribution is -2.54. The Morgan fingerprint density at radius 2 is 1.65 bits per heavy atom. The van der Waals surface area contributed by atoms with Crippen LogP contribution in [-0.2, 0) is 16.2 Å². The molecular weight excluding hydrogens is 436 g/mol. The van der Waals surface area contributed by atoms with Gasteiger partial charge >= 0.3 is 12.0 Å². The van der Waals surface area contributed by atoms with Crippen LogP contribution in [-0.4, -0.2) is 28.9 Å². The van der Waals surface area contributed by atoms with Crippen molar-refractivity contribution in [2.45, 2.75) is 13.5 Å². The quantitative estimate of drug-likeness (QED) is 0.429. The highest BCUT2D eigenvalue weighted by Crippen LogP contribution is 2.26. The molecule has 3 aromatic rings. The zero-order valence-corrected chi connectivity index (χ0v) is 18.1. The van der Waals surface area contributed by atoms with Gasteiger partial charge in [0.15, 0.2) is 0 Å². The van der Waals surface area contributed by atoms with Gasteiger partial charge in [-0.25, -0.2) is 14.5 Å². The number of nitrogens with zero attached hydrogens (tertiary/aromatic N) is 1. The molecule has 0 atom stereocenters. The van der Waals surface area contributed by atoms with E-state index in [0.29, 0.717) is 17.9 Å². The van der Waals surface area contributed by atoms with Gasteiger partial charge in [0, 0.05) is 5.56 Å². The molecule has 3 aromatic carbocycles. The molecular formula is C26H20N2O6. The molecule has 4 rings (SSSR count). The molecule has 0 aliphatic carbocycles. The van der Waals surface area contributed by atoms with Gasteiger partial charge in [-0.2, -0.15) is 0 Å². The maximum atomic E-state index is 13.1. The van der Waals surface area contributed by atoms with Crippen molar-refractivity contribution >= 4 is 35.6 Å². The number of para-hydroxylation sites is 1. The average Bonchev–Trinajstić information content (AvgIpc) is 2.82. The Kier molecular flexibility index (Phi) is 6.22. The molecule has 2 N–H and O–H groups in total. The topological polar surface area (TPSA) is 113 Å². The molecule has 0 bridgehead atoms. The molecule has 170 valence electrons. The summed E-state index contributed by atoms with van der Waals surface area (Å²) in [4.78, 5) is 49.9. The average molecular weight is 456 g/mol. The fourth-order valence-electron chi connectivity index (χ4n) is 3.38. The van der Waals surface area contributed by atoms with E-state index in [1.54, 1.807) is 24.3 Å². The van der Waals surface area contributed by atoms with Gasteiger partial charge in [-0.05, 0) is 48.9 Å². The van der Waals surface area contributed by atoms with Crippen molar-refractivity contribution < 1.29 is 29.0 Å². The first-order valence-corrected chi connectivity index (χ1v) is 10.4. The molecule has 1 heterocycles. The van der Waals surface area contributed by atoms with Gasteiger partial charge in [0.25, 0.3) is 11.8 Å². The second-order valence-electron chi connectivity index (χ2n) is 7.62. The fourth-order valence-corrected chi connectivity index (χ4v) is 3.38. The molecule has 0 radical (unpaired) electrons. The summed E-state index contributed by atoms with van der Waals surface area (Å²) < 4.78 is 5.92. The van der Waals surface area contributed by atoms with Crippen LogP contribution in [0, 0.1) is 6.92 Å². The van der Waals surface area contributed by atoms with Crippen molar-refractivity contribution in [3.63, 3.8) is 0 Å². The number of imide groups is 2. The highest BCUT2D eigenvalue weighted by Gasteiger charge is 2.37. The molecule has 0 unspecified atom stereocenters. The summed E-state index contributed by atoms with van der Waals surface area (Å²) in [6.45, 7) is 2.29. The molecule has 8 nitrogen and oxygen atoms in total. The first-order chi connectivity index (χ1) is 16.3. The third-order valence-corrected chi connectivity index (χ3v) is 5.21. The van der Waals surface area contributed by atoms with Gasteiger partial charge in [0.2, 0.25) is 0 Å². The molecule has 4 amide bonds. The van der Waals surface area contributed by atoms with E-state index in [-0.39, 0.29) is 16.8 Å². The van der Waals surface area contributed by atoms with Crippen LogP contribution in [0.1, 0.15) is 27.0 Å². The lowest BCUT2D eigenvalue weighted by atomic mass is 10.1. The highest BCUT2D eigenvalue weighted by molar-refractivity contribution is 6.39. The number of carboxylic acids is 1. The van der Waals surface area contributed by atoms with Gasteiger partial charge in [-0.15, -0.1) is 0 Å². The number of benzene rings is 3. The fraction of sp³-hybridized carbons (Fsp3) is 0.0769. The van der Waals surface area contributed by atoms with E-state index < -0.39 is 23.8 Å². The first-order valence-electron chi connectivity index (χ1n) is 10.4. The summed E-state index contributed by atoms with van der Waals surface area (Å²) in [5, 5.41) is 11.2. The van der Waals surface area contributed by atoms with E-state index in [4.69, 9.17) is 9.84 Å². The van der Waals surface area contributed by atoms with E-state index in [2.05, 4.69) is 5.32 Å². The minimum absolute atomic E-state index is 0.000103. The van der Waals surface area contributed by atoms with Crippen LogP contribution in [0.5, 0.6) is 5.75 Å². The van der Waals surface area contributed by atoms with Crippen molar-refractivity contribution in [2.24, 2.45) is 0 Å². The van der Waals surface area contributed by atoms with Gasteiger partial charge in [-0.3, -0.25) is 14.9 Å². The third kappa shape index (κ3) is 4.71. The highest BCUT2D eigenvalue weighted by atomic mass is 16.5. The van der Waals surface area contributed by atoms with E-state index in [1.807, 2.05) is 31.2 Å². The number of carbonyl (C=O) groups is 4. The number of hydrogen-bond donors (Lipinski definition) is 2. The first kappa shape index (κ1) is 22.5. The van der Waals surface area contributed by atoms with Gasteiger partial charge in [0.1, 0.15) is 17.9 Å². The van der Waals surface area contributed by atoms with Gasteiger partial charge in [0.05, 0.1) is 11.3 Å². The maximum Gasteiger partial charge on any atom is 0.335 e. The lowest BCUT2D eigenvalue weighted by molar-refractivity contribution is -0.122. The second-order valence-corrected chi connectivity index (χ2v) is 7.62. The van der Waals surface area contributed by atoms with E-state index in [1.165, 1.54) is 30.3 Å². The Labute approximate surface area is 195 Å². The molecule has 1 saturated heterocycles. The summed E-state index contributed by atoms with van der Waals surface area (Å²) >= 11 is 0. The number of hydrogen-bond acceptors (Lipinski definition) is 5. The van der Waals surface area contributed by atoms with Crippen LogP contribution in [0.2, 0.25) is 0 Å². The predicted octanol–water partition coefficient (Wildman–Crippen LogP) is 3.94. The van der Waals surface area contributed by atoms with Crippen molar-refractivity contribution in [3.05, 3.63) is 101 Å². The largest absolute Gasteiger partial charge is 0.488 e. The normalized spacial score (nSPS) is 14.8. The zero-order valence-electron chi connectivity index (χ0n) is 18.1. The molecule has 1 aliphatic rings. The Bertz CT molecular complexity index is 1310. The number of carbonyl (C=O) groups excluding carboxylic acids is 3. The minimum atomic E-state index is -1.14. The number of anilines is 1. The van der Waals surface area contributed by atoms with Crippen LogP contribution in [0.15, 0.2) is 78.4 Å². The van der Waals surface area contributed by atoms with Crippen molar-refractivity contribution in [3.8, 4) is 5.75 Å². The SMILES string of the molecule is Cc1ccc(COc2ccccc2/C=C2\C(=O)NC(=O)N(c3ccc(C(=O)O)cc3)C2=O)cc1. The molecule has 8 heteroatoms. The van der Waals surface area contributed by atoms with Crippen molar-refractivity contribution in [1.29, 1.82) is 0 Å². The Morgan fingerprint density at radius 1 is 0.971 bits per heavy atom. The van der Waals surface area contributed by atoms with Crippen LogP contribution < -0.4 is 15.0 Å². The molecule has 1 aliphatic heterocycles. The number of carboxylic acid groups (broad SMARTS) is 1. The van der Waals surface area contributed by atoms with Crippen LogP contribution in [0.25, 0.3) is 6.08 Å². The summed E-state index contributed by atoms with van der Waals surface area (Å²) in [6, 6.07) is 19.1. The lowest BCUT2D eigenvalue weighted by Gasteiger charge is -2.26. The number of urea groups is 1. The van der Waals surface area contributed by atoms with Gasteiger partial charge < -0.3 is 9.84 Å². The molecule has 0 saturated carbocycles. The minimum Gasteiger partial charge on any atom is -0.488 e. The van der Waals surface area contributed by atoms with E-state index in [0.717, 1.165) is 16.0 Å². The number of aryl methyl sites for hydroxylation is 1. The van der Waals surface area contributed by atoms with E-state index in [9.17, 15) is 19.2 Å². The van der Waals surface area contributed by atoms with Gasteiger partial charge in [-0.1, -0.05) is 48.0 Å². The number of nitrogens with one attached hydrogen (secondary N) is 1. The smallest absolute Gasteiger partial charge is 0.335 e. The van der Waals surface area contributed by atoms with Crippen molar-refractivity contribution in [1.82, 2.24) is 5.32 Å². The number of ether oxygens (including phenoxy) is 1. The number of amides is 4. The number of aromatic carboxylic acids is 1. The summed E-state index contributed by atoms with van der Waals surface area (Å²) in [5.74, 6) is -2.34. The molecule has 34 heavy (non-hydrogen) atoms. The Balaban J connectivity index is 1.62. The summed E-state index contributed by atoms with van der Waals surface area (Å²) in [7, 11) is 0. The van der Waals surface area contributed by atoms with Crippen LogP contribution in [0.4, 0.5) is 10.5 Å². The number of rotatable bonds is 6. The summed E-state index contributed by atoms with van der Waals surface area (Å²) in [6.07, 6.45) is 1.37. The Morgan fingerprint density at radius 3 is 2.32 bits per heavy atom. The maximum absolute atomic E-state index is 13.1. The second kappa shape index (κ2) is 9.41. The monoisotopic (exact) mass is 456 g/mol. The van der Waals surface area contributed by atoms with Crippen LogP contribution in [0.3, 0.4) is 0 Å². The molecule has 0 spiro atoms. The molecule has 0 aromatic heterocycles.